The van der Waals surface area contributed by atoms with Crippen molar-refractivity contribution in [2.75, 3.05) is 7.11 Å². The van der Waals surface area contributed by atoms with Crippen LogP contribution in [0.2, 0.25) is 0 Å². The van der Waals surface area contributed by atoms with Gasteiger partial charge in [0.1, 0.15) is 23.4 Å². The molecule has 11 heteroatoms. The van der Waals surface area contributed by atoms with Gasteiger partial charge in [0.2, 0.25) is 5.65 Å². The molecule has 0 N–H and O–H groups in total. The second kappa shape index (κ2) is 7.17. The average molecular weight is 418 g/mol. The molecule has 0 radical (unpaired) electrons. The number of benzene rings is 2. The summed E-state index contributed by atoms with van der Waals surface area (Å²) in [4.78, 5) is 12.5. The van der Waals surface area contributed by atoms with Gasteiger partial charge in [0.25, 0.3) is 5.52 Å². The smallest absolute Gasteiger partial charge is 0.416 e. The maximum atomic E-state index is 12.9. The van der Waals surface area contributed by atoms with Crippen molar-refractivity contribution in [2.45, 2.75) is 12.8 Å². The van der Waals surface area contributed by atoms with Gasteiger partial charge in [-0.25, -0.2) is 9.31 Å². The molecule has 0 aliphatic carbocycles. The third-order valence-electron chi connectivity index (χ3n) is 4.44. The third kappa shape index (κ3) is 3.34. The summed E-state index contributed by atoms with van der Waals surface area (Å²) in [6.45, 7) is -0.0971. The van der Waals surface area contributed by atoms with Crippen molar-refractivity contribution < 1.29 is 32.3 Å². The number of alkyl halides is 3. The molecule has 8 nitrogen and oxygen atoms in total. The minimum Gasteiger partial charge on any atom is -0.594 e. The Kier molecular flexibility index (Phi) is 4.65. The van der Waals surface area contributed by atoms with Crippen molar-refractivity contribution in [3.8, 4) is 5.75 Å². The number of halogens is 3. The third-order valence-corrected chi connectivity index (χ3v) is 4.44. The second-order valence-corrected chi connectivity index (χ2v) is 6.26. The lowest BCUT2D eigenvalue weighted by Gasteiger charge is -2.09. The van der Waals surface area contributed by atoms with Crippen LogP contribution in [0, 0.1) is 5.21 Å². The molecule has 0 bridgehead atoms. The van der Waals surface area contributed by atoms with E-state index in [2.05, 4.69) is 10.2 Å². The quantitative estimate of drug-likeness (QED) is 0.288. The predicted molar refractivity (Wildman–Crippen MR) is 96.6 cm³/mol. The predicted octanol–water partition coefficient (Wildman–Crippen LogP) is 2.90. The molecule has 0 aliphatic rings. The molecule has 0 spiro atoms. The largest absolute Gasteiger partial charge is 0.594 e. The first-order valence-electron chi connectivity index (χ1n) is 8.57. The standard InChI is InChI=1S/C19H13F3N4O4/c1-29-16-5-3-2-4-11(16)10-30-18(27)13-9-23-25-14-7-6-12(19(20,21)22)8-15(14)26(28)24-17(13)25/h2-9H,10H2,1H3. The minimum atomic E-state index is -4.62. The van der Waals surface area contributed by atoms with E-state index in [1.165, 1.54) is 7.11 Å². The summed E-state index contributed by atoms with van der Waals surface area (Å²) in [5.74, 6) is -0.262. The number of hydrogen-bond donors (Lipinski definition) is 0. The van der Waals surface area contributed by atoms with Crippen LogP contribution in [0.3, 0.4) is 0 Å². The zero-order valence-corrected chi connectivity index (χ0v) is 15.4. The van der Waals surface area contributed by atoms with Crippen LogP contribution in [0.15, 0.2) is 48.7 Å². The molecule has 0 unspecified atom stereocenters. The Balaban J connectivity index is 1.69. The Morgan fingerprint density at radius 1 is 1.23 bits per heavy atom. The summed E-state index contributed by atoms with van der Waals surface area (Å²) >= 11 is 0. The molecule has 0 fully saturated rings. The Morgan fingerprint density at radius 2 is 2.00 bits per heavy atom. The van der Waals surface area contributed by atoms with Gasteiger partial charge in [-0.3, -0.25) is 0 Å². The Morgan fingerprint density at radius 3 is 2.73 bits per heavy atom. The van der Waals surface area contributed by atoms with E-state index in [4.69, 9.17) is 9.47 Å². The normalized spacial score (nSPS) is 11.7. The molecule has 0 saturated carbocycles. The monoisotopic (exact) mass is 418 g/mol. The lowest BCUT2D eigenvalue weighted by molar-refractivity contribution is -0.640. The molecular weight excluding hydrogens is 405 g/mol. The average Bonchev–Trinajstić information content (AvgIpc) is 3.15. The number of para-hydroxylation sites is 1. The van der Waals surface area contributed by atoms with Crippen LogP contribution >= 0.6 is 0 Å². The van der Waals surface area contributed by atoms with Gasteiger partial charge in [0.05, 0.1) is 18.9 Å². The van der Waals surface area contributed by atoms with Crippen molar-refractivity contribution >= 4 is 22.6 Å². The highest BCUT2D eigenvalue weighted by atomic mass is 19.4. The maximum Gasteiger partial charge on any atom is 0.416 e. The van der Waals surface area contributed by atoms with Gasteiger partial charge in [-0.1, -0.05) is 18.2 Å². The fraction of sp³-hybridized carbons (Fsp3) is 0.158. The molecule has 2 heterocycles. The number of carbonyl (C=O) groups is 1. The van der Waals surface area contributed by atoms with Gasteiger partial charge in [-0.15, -0.1) is 0 Å². The highest BCUT2D eigenvalue weighted by Crippen LogP contribution is 2.30. The summed E-state index contributed by atoms with van der Waals surface area (Å²) < 4.78 is 50.4. The van der Waals surface area contributed by atoms with Crippen LogP contribution in [0.4, 0.5) is 13.2 Å². The summed E-state index contributed by atoms with van der Waals surface area (Å²) in [5.41, 5.74) is -0.883. The topological polar surface area (TPSA) is 92.7 Å². The molecule has 4 rings (SSSR count). The number of esters is 1. The Labute approximate surface area is 166 Å². The minimum absolute atomic E-state index is 0.0264. The molecule has 4 aromatic rings. The summed E-state index contributed by atoms with van der Waals surface area (Å²) in [7, 11) is 1.48. The van der Waals surface area contributed by atoms with Gasteiger partial charge in [0, 0.05) is 16.7 Å². The van der Waals surface area contributed by atoms with Crippen molar-refractivity contribution in [3.63, 3.8) is 0 Å². The molecule has 0 amide bonds. The van der Waals surface area contributed by atoms with E-state index < -0.39 is 17.7 Å². The van der Waals surface area contributed by atoms with E-state index in [0.717, 1.165) is 22.8 Å². The fourth-order valence-electron chi connectivity index (χ4n) is 2.97. The molecule has 0 aliphatic heterocycles. The summed E-state index contributed by atoms with van der Waals surface area (Å²) in [6.07, 6.45) is -3.47. The number of nitrogens with zero attached hydrogens (tertiary/aromatic N) is 4. The van der Waals surface area contributed by atoms with Gasteiger partial charge < -0.3 is 14.7 Å². The van der Waals surface area contributed by atoms with Gasteiger partial charge >= 0.3 is 12.1 Å². The maximum absolute atomic E-state index is 12.9. The number of methoxy groups -OCH3 is 1. The van der Waals surface area contributed by atoms with Crippen LogP contribution in [-0.4, -0.2) is 27.8 Å². The SMILES string of the molecule is COc1ccccc1COC(=O)c1cnn2c1n[n+]([O-])c1cc(C(F)(F)F)ccc12. The number of ether oxygens (including phenoxy) is 2. The molecule has 2 aromatic heterocycles. The second-order valence-electron chi connectivity index (χ2n) is 6.26. The van der Waals surface area contributed by atoms with E-state index in [1.54, 1.807) is 24.3 Å². The first kappa shape index (κ1) is 19.4. The number of carbonyl (C=O) groups excluding carboxylic acids is 1. The molecule has 2 aromatic carbocycles. The van der Waals surface area contributed by atoms with Gasteiger partial charge in [-0.2, -0.15) is 18.3 Å². The molecule has 30 heavy (non-hydrogen) atoms. The Bertz CT molecular complexity index is 1270. The lowest BCUT2D eigenvalue weighted by atomic mass is 10.2. The molecule has 154 valence electrons. The first-order valence-corrected chi connectivity index (χ1v) is 8.57. The Hall–Kier alpha value is -3.89. The van der Waals surface area contributed by atoms with Crippen molar-refractivity contribution in [2.24, 2.45) is 0 Å². The van der Waals surface area contributed by atoms with Crippen molar-refractivity contribution in [1.29, 1.82) is 0 Å². The zero-order valence-electron chi connectivity index (χ0n) is 15.4. The van der Waals surface area contributed by atoms with Crippen LogP contribution < -0.4 is 9.58 Å². The number of hydrogen-bond acceptors (Lipinski definition) is 6. The van der Waals surface area contributed by atoms with Crippen LogP contribution in [0.1, 0.15) is 21.5 Å². The van der Waals surface area contributed by atoms with Gasteiger partial charge in [0.15, 0.2) is 0 Å². The lowest BCUT2D eigenvalue weighted by Crippen LogP contribution is -2.33. The highest BCUT2D eigenvalue weighted by Gasteiger charge is 2.32. The number of fused-ring (bicyclic) bond motifs is 3. The van der Waals surface area contributed by atoms with Crippen LogP contribution in [0.25, 0.3) is 16.7 Å². The van der Waals surface area contributed by atoms with Crippen molar-refractivity contribution in [1.82, 2.24) is 14.7 Å². The summed E-state index contributed by atoms with van der Waals surface area (Å²) in [5, 5.41) is 19.9. The van der Waals surface area contributed by atoms with E-state index in [-0.39, 0.29) is 33.7 Å². The number of rotatable bonds is 4. The van der Waals surface area contributed by atoms with Crippen LogP contribution in [-0.2, 0) is 17.5 Å². The first-order chi connectivity index (χ1) is 14.3. The molecule has 0 atom stereocenters. The van der Waals surface area contributed by atoms with E-state index in [9.17, 15) is 23.2 Å². The van der Waals surface area contributed by atoms with Crippen LogP contribution in [0.5, 0.6) is 5.75 Å². The molecule has 0 saturated heterocycles. The number of aromatic nitrogens is 4. The summed E-state index contributed by atoms with van der Waals surface area (Å²) in [6, 6.07) is 9.54. The van der Waals surface area contributed by atoms with Gasteiger partial charge in [-0.05, 0) is 23.0 Å². The molecular formula is C19H13F3N4O4. The fourth-order valence-corrected chi connectivity index (χ4v) is 2.97. The highest BCUT2D eigenvalue weighted by molar-refractivity contribution is 5.96. The van der Waals surface area contributed by atoms with E-state index in [0.29, 0.717) is 17.4 Å². The van der Waals surface area contributed by atoms with Crippen molar-refractivity contribution in [3.05, 3.63) is 70.6 Å². The van der Waals surface area contributed by atoms with E-state index in [1.807, 2.05) is 0 Å². The van der Waals surface area contributed by atoms with E-state index >= 15 is 0 Å². The zero-order chi connectivity index (χ0) is 21.5.